The van der Waals surface area contributed by atoms with Gasteiger partial charge in [-0.2, -0.15) is 0 Å². The van der Waals surface area contributed by atoms with E-state index in [1.54, 1.807) is 0 Å². The first-order valence-electron chi connectivity index (χ1n) is 14.8. The minimum Gasteiger partial charge on any atom is -0.455 e. The SMILES string of the molecule is c1cc(-c2cccc(-c3cccc(-c4cccc5c4oc4ccccc45)c3)n2)cc(-c2cccc3c2oc2ccccc23)c1. The summed E-state index contributed by atoms with van der Waals surface area (Å²) in [5, 5.41) is 4.52. The highest BCUT2D eigenvalue weighted by atomic mass is 16.3. The highest BCUT2D eigenvalue weighted by Crippen LogP contribution is 2.38. The van der Waals surface area contributed by atoms with Gasteiger partial charge in [0.15, 0.2) is 0 Å². The molecule has 0 aliphatic heterocycles. The third-order valence-corrected chi connectivity index (χ3v) is 8.50. The zero-order valence-corrected chi connectivity index (χ0v) is 23.7. The maximum absolute atomic E-state index is 6.33. The van der Waals surface area contributed by atoms with Crippen LogP contribution in [0.4, 0.5) is 0 Å². The van der Waals surface area contributed by atoms with E-state index >= 15 is 0 Å². The number of hydrogen-bond acceptors (Lipinski definition) is 3. The molecule has 9 rings (SSSR count). The lowest BCUT2D eigenvalue weighted by Crippen LogP contribution is -1.89. The maximum Gasteiger partial charge on any atom is 0.143 e. The molecule has 0 saturated carbocycles. The minimum atomic E-state index is 0.902. The molecular weight excluding hydrogens is 538 g/mol. The largest absolute Gasteiger partial charge is 0.455 e. The highest BCUT2D eigenvalue weighted by molar-refractivity contribution is 6.10. The summed E-state index contributed by atoms with van der Waals surface area (Å²) in [6, 6.07) is 52.4. The number of para-hydroxylation sites is 4. The topological polar surface area (TPSA) is 39.2 Å². The zero-order chi connectivity index (χ0) is 29.0. The van der Waals surface area contributed by atoms with Gasteiger partial charge in [0, 0.05) is 43.8 Å². The summed E-state index contributed by atoms with van der Waals surface area (Å²) < 4.78 is 12.7. The summed E-state index contributed by atoms with van der Waals surface area (Å²) in [6.45, 7) is 0. The molecule has 3 nitrogen and oxygen atoms in total. The second-order valence-electron chi connectivity index (χ2n) is 11.1. The quantitative estimate of drug-likeness (QED) is 0.214. The predicted octanol–water partition coefficient (Wildman–Crippen LogP) is 11.5. The van der Waals surface area contributed by atoms with E-state index in [9.17, 15) is 0 Å². The van der Waals surface area contributed by atoms with Crippen LogP contribution in [0.15, 0.2) is 160 Å². The summed E-state index contributed by atoms with van der Waals surface area (Å²) in [6.07, 6.45) is 0. The Labute approximate surface area is 253 Å². The van der Waals surface area contributed by atoms with E-state index in [1.807, 2.05) is 24.3 Å². The summed E-state index contributed by atoms with van der Waals surface area (Å²) in [5.41, 5.74) is 11.9. The van der Waals surface area contributed by atoms with E-state index in [-0.39, 0.29) is 0 Å². The van der Waals surface area contributed by atoms with Crippen LogP contribution in [0.2, 0.25) is 0 Å². The molecule has 0 spiro atoms. The monoisotopic (exact) mass is 563 g/mol. The Morgan fingerprint density at radius 3 is 1.27 bits per heavy atom. The third kappa shape index (κ3) is 3.94. The number of rotatable bonds is 4. The van der Waals surface area contributed by atoms with Gasteiger partial charge < -0.3 is 8.83 Å². The van der Waals surface area contributed by atoms with Crippen molar-refractivity contribution in [2.24, 2.45) is 0 Å². The first-order valence-corrected chi connectivity index (χ1v) is 14.8. The predicted molar refractivity (Wildman–Crippen MR) is 181 cm³/mol. The second kappa shape index (κ2) is 9.82. The zero-order valence-electron chi connectivity index (χ0n) is 23.7. The molecule has 0 fully saturated rings. The molecule has 3 heteroatoms. The van der Waals surface area contributed by atoms with Crippen molar-refractivity contribution in [1.82, 2.24) is 4.98 Å². The summed E-state index contributed by atoms with van der Waals surface area (Å²) in [7, 11) is 0. The van der Waals surface area contributed by atoms with E-state index in [0.717, 1.165) is 88.6 Å². The molecule has 206 valence electrons. The van der Waals surface area contributed by atoms with Crippen LogP contribution in [-0.2, 0) is 0 Å². The number of benzene rings is 6. The lowest BCUT2D eigenvalue weighted by Gasteiger charge is -2.09. The van der Waals surface area contributed by atoms with Gasteiger partial charge in [0.25, 0.3) is 0 Å². The molecule has 44 heavy (non-hydrogen) atoms. The van der Waals surface area contributed by atoms with Crippen molar-refractivity contribution in [3.05, 3.63) is 152 Å². The Balaban J connectivity index is 1.11. The van der Waals surface area contributed by atoms with Crippen molar-refractivity contribution in [1.29, 1.82) is 0 Å². The molecule has 6 aromatic carbocycles. The van der Waals surface area contributed by atoms with Crippen LogP contribution in [0.3, 0.4) is 0 Å². The van der Waals surface area contributed by atoms with Gasteiger partial charge >= 0.3 is 0 Å². The van der Waals surface area contributed by atoms with E-state index in [1.165, 1.54) is 0 Å². The van der Waals surface area contributed by atoms with Gasteiger partial charge in [0.2, 0.25) is 0 Å². The van der Waals surface area contributed by atoms with Crippen LogP contribution in [-0.4, -0.2) is 4.98 Å². The lowest BCUT2D eigenvalue weighted by molar-refractivity contribution is 0.669. The van der Waals surface area contributed by atoms with Crippen LogP contribution >= 0.6 is 0 Å². The molecule has 9 aromatic rings. The van der Waals surface area contributed by atoms with Crippen molar-refractivity contribution < 1.29 is 8.83 Å². The number of nitrogens with zero attached hydrogens (tertiary/aromatic N) is 1. The van der Waals surface area contributed by atoms with Crippen molar-refractivity contribution in [2.75, 3.05) is 0 Å². The Hall–Kier alpha value is -5.93. The van der Waals surface area contributed by atoms with Gasteiger partial charge in [-0.25, -0.2) is 4.98 Å². The fourth-order valence-electron chi connectivity index (χ4n) is 6.40. The van der Waals surface area contributed by atoms with Crippen molar-refractivity contribution in [3.63, 3.8) is 0 Å². The molecule has 3 aromatic heterocycles. The van der Waals surface area contributed by atoms with Crippen LogP contribution in [0, 0.1) is 0 Å². The average molecular weight is 564 g/mol. The Kier molecular flexibility index (Phi) is 5.50. The van der Waals surface area contributed by atoms with E-state index in [4.69, 9.17) is 13.8 Å². The molecule has 0 aliphatic rings. The van der Waals surface area contributed by atoms with Gasteiger partial charge in [-0.05, 0) is 47.5 Å². The van der Waals surface area contributed by atoms with E-state index < -0.39 is 0 Å². The van der Waals surface area contributed by atoms with Gasteiger partial charge in [0.1, 0.15) is 22.3 Å². The summed E-state index contributed by atoms with van der Waals surface area (Å²) in [4.78, 5) is 5.13. The number of furan rings is 2. The first-order chi connectivity index (χ1) is 21.8. The molecule has 0 unspecified atom stereocenters. The lowest BCUT2D eigenvalue weighted by atomic mass is 9.98. The number of hydrogen-bond donors (Lipinski definition) is 0. The first kappa shape index (κ1) is 24.6. The van der Waals surface area contributed by atoms with Gasteiger partial charge in [-0.3, -0.25) is 0 Å². The number of fused-ring (bicyclic) bond motifs is 6. The van der Waals surface area contributed by atoms with Crippen LogP contribution in [0.5, 0.6) is 0 Å². The normalized spacial score (nSPS) is 11.6. The van der Waals surface area contributed by atoms with Gasteiger partial charge in [0.05, 0.1) is 11.4 Å². The third-order valence-electron chi connectivity index (χ3n) is 8.50. The van der Waals surface area contributed by atoms with Crippen molar-refractivity contribution in [3.8, 4) is 44.8 Å². The molecular formula is C41H25NO2. The maximum atomic E-state index is 6.33. The summed E-state index contributed by atoms with van der Waals surface area (Å²) >= 11 is 0. The Morgan fingerprint density at radius 2 is 0.750 bits per heavy atom. The molecule has 0 saturated heterocycles. The van der Waals surface area contributed by atoms with Crippen molar-refractivity contribution in [2.45, 2.75) is 0 Å². The van der Waals surface area contributed by atoms with Crippen LogP contribution in [0.25, 0.3) is 88.6 Å². The van der Waals surface area contributed by atoms with Crippen LogP contribution in [0.1, 0.15) is 0 Å². The molecule has 0 bridgehead atoms. The molecule has 0 atom stereocenters. The number of pyridine rings is 1. The van der Waals surface area contributed by atoms with Gasteiger partial charge in [-0.15, -0.1) is 0 Å². The fraction of sp³-hybridized carbons (Fsp3) is 0. The molecule has 0 aliphatic carbocycles. The van der Waals surface area contributed by atoms with Gasteiger partial charge in [-0.1, -0.05) is 115 Å². The standard InChI is InChI=1S/C41H25NO2/c1-3-22-38-32(14-1)34-18-7-16-30(40(34)43-38)26-10-5-12-28(24-26)36-20-9-21-37(42-36)29-13-6-11-27(25-29)31-17-8-19-35-33-15-2-4-23-39(33)44-41(31)35/h1-25H. The van der Waals surface area contributed by atoms with Crippen LogP contribution < -0.4 is 0 Å². The average Bonchev–Trinajstić information content (AvgIpc) is 3.67. The van der Waals surface area contributed by atoms with E-state index in [0.29, 0.717) is 0 Å². The molecule has 0 N–H and O–H groups in total. The smallest absolute Gasteiger partial charge is 0.143 e. The molecule has 0 radical (unpaired) electrons. The Bertz CT molecular complexity index is 2340. The summed E-state index contributed by atoms with van der Waals surface area (Å²) in [5.74, 6) is 0. The molecule has 3 heterocycles. The molecule has 0 amide bonds. The highest BCUT2D eigenvalue weighted by Gasteiger charge is 2.15. The van der Waals surface area contributed by atoms with E-state index in [2.05, 4.69) is 127 Å². The second-order valence-corrected chi connectivity index (χ2v) is 11.1. The fourth-order valence-corrected chi connectivity index (χ4v) is 6.40. The minimum absolute atomic E-state index is 0.902. The van der Waals surface area contributed by atoms with Crippen molar-refractivity contribution >= 4 is 43.9 Å². The Morgan fingerprint density at radius 1 is 0.341 bits per heavy atom. The number of aromatic nitrogens is 1.